The molecule has 0 heterocycles. The Hall–Kier alpha value is -1.59. The molecule has 5 nitrogen and oxygen atoms in total. The van der Waals surface area contributed by atoms with Gasteiger partial charge in [0.05, 0.1) is 7.11 Å². The van der Waals surface area contributed by atoms with Crippen molar-refractivity contribution in [2.75, 3.05) is 14.2 Å². The number of carboxylic acids is 1. The minimum atomic E-state index is -0.997. The molecular weight excluding hydrogens is 244 g/mol. The Balaban J connectivity index is 3.10. The number of methoxy groups -OCH3 is 1. The third kappa shape index (κ3) is 3.68. The number of hydrogen-bond donors (Lipinski definition) is 3. The molecule has 1 aromatic rings. The number of carbonyl (C=O) groups is 1. The van der Waals surface area contributed by atoms with Crippen LogP contribution in [0.2, 0.25) is 0 Å². The molecule has 0 saturated carbocycles. The van der Waals surface area contributed by atoms with Crippen LogP contribution in [0.5, 0.6) is 5.75 Å². The van der Waals surface area contributed by atoms with Crippen LogP contribution in [0.25, 0.3) is 0 Å². The number of aliphatic carboxylic acids is 1. The van der Waals surface area contributed by atoms with Crippen LogP contribution in [0.1, 0.15) is 29.2 Å². The highest BCUT2D eigenvalue weighted by atomic mass is 16.5. The van der Waals surface area contributed by atoms with Crippen LogP contribution >= 0.6 is 0 Å². The van der Waals surface area contributed by atoms with E-state index in [1.54, 1.807) is 14.2 Å². The number of carboxylic acid groups (broad SMARTS) is 1. The second kappa shape index (κ2) is 6.54. The quantitative estimate of drug-likeness (QED) is 0.724. The standard InChI is InChI=1S/C14H22N2O3/c1-8-5-10(13(19-4)6-9(8)2)12(16-3)7-11(15)14(17)18/h5-6,11-12,16H,7,15H2,1-4H3,(H,17,18). The fourth-order valence-corrected chi connectivity index (χ4v) is 2.02. The molecule has 0 aromatic heterocycles. The van der Waals surface area contributed by atoms with Crippen LogP contribution in [-0.4, -0.2) is 31.3 Å². The number of rotatable bonds is 6. The molecule has 0 fully saturated rings. The fourth-order valence-electron chi connectivity index (χ4n) is 2.02. The van der Waals surface area contributed by atoms with Gasteiger partial charge < -0.3 is 20.9 Å². The maximum Gasteiger partial charge on any atom is 0.320 e. The molecule has 1 rings (SSSR count). The van der Waals surface area contributed by atoms with Gasteiger partial charge in [0, 0.05) is 11.6 Å². The average Bonchev–Trinajstić information content (AvgIpc) is 2.38. The molecule has 0 saturated heterocycles. The van der Waals surface area contributed by atoms with E-state index >= 15 is 0 Å². The largest absolute Gasteiger partial charge is 0.496 e. The zero-order valence-corrected chi connectivity index (χ0v) is 11.9. The second-order valence-corrected chi connectivity index (χ2v) is 4.70. The molecule has 0 aliphatic carbocycles. The lowest BCUT2D eigenvalue weighted by molar-refractivity contribution is -0.138. The van der Waals surface area contributed by atoms with E-state index in [9.17, 15) is 4.79 Å². The van der Waals surface area contributed by atoms with Gasteiger partial charge >= 0.3 is 5.97 Å². The average molecular weight is 266 g/mol. The summed E-state index contributed by atoms with van der Waals surface area (Å²) in [6.45, 7) is 4.03. The van der Waals surface area contributed by atoms with Crippen molar-refractivity contribution in [1.29, 1.82) is 0 Å². The molecule has 0 spiro atoms. The predicted octanol–water partition coefficient (Wildman–Crippen LogP) is 1.37. The molecule has 2 atom stereocenters. The summed E-state index contributed by atoms with van der Waals surface area (Å²) in [6.07, 6.45) is 0.310. The van der Waals surface area contributed by atoms with E-state index < -0.39 is 12.0 Å². The number of ether oxygens (including phenoxy) is 1. The highest BCUT2D eigenvalue weighted by molar-refractivity contribution is 5.73. The van der Waals surface area contributed by atoms with E-state index in [4.69, 9.17) is 15.6 Å². The Morgan fingerprint density at radius 2 is 2.00 bits per heavy atom. The Morgan fingerprint density at radius 1 is 1.42 bits per heavy atom. The van der Waals surface area contributed by atoms with Crippen molar-refractivity contribution in [3.63, 3.8) is 0 Å². The maximum absolute atomic E-state index is 10.9. The van der Waals surface area contributed by atoms with Gasteiger partial charge in [0.25, 0.3) is 0 Å². The van der Waals surface area contributed by atoms with E-state index in [0.29, 0.717) is 6.42 Å². The van der Waals surface area contributed by atoms with Crippen molar-refractivity contribution in [3.05, 3.63) is 28.8 Å². The monoisotopic (exact) mass is 266 g/mol. The Bertz CT molecular complexity index is 460. The van der Waals surface area contributed by atoms with Crippen molar-refractivity contribution in [2.45, 2.75) is 32.4 Å². The van der Waals surface area contributed by atoms with E-state index in [1.807, 2.05) is 26.0 Å². The summed E-state index contributed by atoms with van der Waals surface area (Å²) in [5.74, 6) is -0.247. The maximum atomic E-state index is 10.9. The number of nitrogens with one attached hydrogen (secondary N) is 1. The second-order valence-electron chi connectivity index (χ2n) is 4.70. The number of benzene rings is 1. The van der Waals surface area contributed by atoms with Crippen molar-refractivity contribution in [1.82, 2.24) is 5.32 Å². The molecule has 5 heteroatoms. The SMILES string of the molecule is CNC(CC(N)C(=O)O)c1cc(C)c(C)cc1OC. The number of nitrogens with two attached hydrogens (primary N) is 1. The van der Waals surface area contributed by atoms with Gasteiger partial charge in [-0.25, -0.2) is 0 Å². The van der Waals surface area contributed by atoms with E-state index in [-0.39, 0.29) is 6.04 Å². The van der Waals surface area contributed by atoms with E-state index in [1.165, 1.54) is 0 Å². The minimum absolute atomic E-state index is 0.152. The summed E-state index contributed by atoms with van der Waals surface area (Å²) in [6, 6.07) is 2.93. The third-order valence-electron chi connectivity index (χ3n) is 3.38. The first-order valence-corrected chi connectivity index (χ1v) is 6.21. The van der Waals surface area contributed by atoms with Gasteiger partial charge in [0.15, 0.2) is 0 Å². The molecule has 1 aromatic carbocycles. The van der Waals surface area contributed by atoms with Crippen LogP contribution in [0.3, 0.4) is 0 Å². The summed E-state index contributed by atoms with van der Waals surface area (Å²) in [7, 11) is 3.39. The highest BCUT2D eigenvalue weighted by Crippen LogP contribution is 2.30. The summed E-state index contributed by atoms with van der Waals surface area (Å²) in [5, 5.41) is 12.0. The van der Waals surface area contributed by atoms with Crippen LogP contribution in [-0.2, 0) is 4.79 Å². The van der Waals surface area contributed by atoms with E-state index in [2.05, 4.69) is 5.32 Å². The van der Waals surface area contributed by atoms with Crippen molar-refractivity contribution in [2.24, 2.45) is 5.73 Å². The molecule has 4 N–H and O–H groups in total. The van der Waals surface area contributed by atoms with Crippen LogP contribution in [0.15, 0.2) is 12.1 Å². The molecule has 0 aliphatic rings. The molecule has 19 heavy (non-hydrogen) atoms. The molecule has 106 valence electrons. The zero-order chi connectivity index (χ0) is 14.6. The Labute approximate surface area is 113 Å². The van der Waals surface area contributed by atoms with Gasteiger partial charge in [-0.15, -0.1) is 0 Å². The number of hydrogen-bond acceptors (Lipinski definition) is 4. The molecule has 2 unspecified atom stereocenters. The van der Waals surface area contributed by atoms with Crippen LogP contribution in [0.4, 0.5) is 0 Å². The topological polar surface area (TPSA) is 84.6 Å². The highest BCUT2D eigenvalue weighted by Gasteiger charge is 2.22. The molecule has 0 bridgehead atoms. The lowest BCUT2D eigenvalue weighted by Gasteiger charge is -2.22. The summed E-state index contributed by atoms with van der Waals surface area (Å²) < 4.78 is 5.38. The Morgan fingerprint density at radius 3 is 2.47 bits per heavy atom. The predicted molar refractivity (Wildman–Crippen MR) is 74.5 cm³/mol. The summed E-state index contributed by atoms with van der Waals surface area (Å²) in [5.41, 5.74) is 8.82. The minimum Gasteiger partial charge on any atom is -0.496 e. The van der Waals surface area contributed by atoms with Crippen molar-refractivity contribution in [3.8, 4) is 5.75 Å². The fraction of sp³-hybridized carbons (Fsp3) is 0.500. The van der Waals surface area contributed by atoms with Crippen LogP contribution in [0, 0.1) is 13.8 Å². The van der Waals surface area contributed by atoms with E-state index in [0.717, 1.165) is 22.4 Å². The van der Waals surface area contributed by atoms with Crippen molar-refractivity contribution >= 4 is 5.97 Å². The van der Waals surface area contributed by atoms with Gasteiger partial charge in [-0.2, -0.15) is 0 Å². The van der Waals surface area contributed by atoms with Gasteiger partial charge in [0.1, 0.15) is 11.8 Å². The molecule has 0 aliphatic heterocycles. The Kier molecular flexibility index (Phi) is 5.32. The first-order valence-electron chi connectivity index (χ1n) is 6.21. The molecule has 0 radical (unpaired) electrons. The zero-order valence-electron chi connectivity index (χ0n) is 11.9. The molecular formula is C14H22N2O3. The van der Waals surface area contributed by atoms with Gasteiger partial charge in [0.2, 0.25) is 0 Å². The van der Waals surface area contributed by atoms with Gasteiger partial charge in [-0.05, 0) is 44.5 Å². The first kappa shape index (κ1) is 15.5. The van der Waals surface area contributed by atoms with Gasteiger partial charge in [-0.1, -0.05) is 6.07 Å². The number of aryl methyl sites for hydroxylation is 2. The van der Waals surface area contributed by atoms with Gasteiger partial charge in [-0.3, -0.25) is 4.79 Å². The van der Waals surface area contributed by atoms with Crippen LogP contribution < -0.4 is 15.8 Å². The molecule has 0 amide bonds. The lowest BCUT2D eigenvalue weighted by Crippen LogP contribution is -2.35. The lowest BCUT2D eigenvalue weighted by atomic mass is 9.95. The first-order chi connectivity index (χ1) is 8.90. The third-order valence-corrected chi connectivity index (χ3v) is 3.38. The normalized spacial score (nSPS) is 13.9. The van der Waals surface area contributed by atoms with Crippen molar-refractivity contribution < 1.29 is 14.6 Å². The summed E-state index contributed by atoms with van der Waals surface area (Å²) in [4.78, 5) is 10.9. The smallest absolute Gasteiger partial charge is 0.320 e. The summed E-state index contributed by atoms with van der Waals surface area (Å²) >= 11 is 0.